The van der Waals surface area contributed by atoms with Gasteiger partial charge in [-0.1, -0.05) is 55.3 Å². The third-order valence-corrected chi connectivity index (χ3v) is 5.73. The Labute approximate surface area is 217 Å². The molecule has 36 heavy (non-hydrogen) atoms. The number of urea groups is 1. The third-order valence-electron chi connectivity index (χ3n) is 5.44. The summed E-state index contributed by atoms with van der Waals surface area (Å²) in [5.74, 6) is -0.599. The monoisotopic (exact) mass is 521 g/mol. The predicted molar refractivity (Wildman–Crippen MR) is 139 cm³/mol. The van der Waals surface area contributed by atoms with Gasteiger partial charge in [-0.15, -0.1) is 0 Å². The van der Waals surface area contributed by atoms with Gasteiger partial charge in [-0.05, 0) is 44.0 Å². The number of ether oxygens (including phenoxy) is 2. The normalized spacial score (nSPS) is 13.3. The zero-order chi connectivity index (χ0) is 26.7. The van der Waals surface area contributed by atoms with E-state index in [4.69, 9.17) is 21.1 Å². The molecule has 0 aliphatic heterocycles. The van der Waals surface area contributed by atoms with Crippen molar-refractivity contribution in [1.29, 1.82) is 0 Å². The first kappa shape index (κ1) is 29.2. The van der Waals surface area contributed by atoms with Gasteiger partial charge in [0.1, 0.15) is 5.75 Å². The first-order valence-electron chi connectivity index (χ1n) is 11.7. The van der Waals surface area contributed by atoms with Crippen LogP contribution in [0.15, 0.2) is 42.5 Å². The molecule has 0 radical (unpaired) electrons. The standard InChI is InChI=1S/C25H36ClN5O5/c1-6-18(4)36-22-12-11-20(13-21(22)26)28-30-29-25(34)31(15-17(3)23(32)35-5)24(33)27-14-19-9-7-16(2)8-10-19/h7-13,17-18,25,28-30,34H,6,14-15H2,1-5H3,(H,27,33)/t17-,18?,25?/m0/s1. The Kier molecular flexibility index (Phi) is 11.7. The van der Waals surface area contributed by atoms with Crippen LogP contribution in [0.5, 0.6) is 5.75 Å². The SMILES string of the molecule is CCC(C)Oc1ccc(NNNC(O)N(C[C@H](C)C(=O)OC)C(=O)NCc2ccc(C)cc2)cc1Cl. The molecule has 0 spiro atoms. The molecule has 2 amide bonds. The van der Waals surface area contributed by atoms with Crippen molar-refractivity contribution in [1.82, 2.24) is 21.2 Å². The molecule has 3 atom stereocenters. The number of halogens is 1. The fraction of sp³-hybridized carbons (Fsp3) is 0.440. The minimum atomic E-state index is -1.48. The van der Waals surface area contributed by atoms with Crippen LogP contribution in [0.3, 0.4) is 0 Å². The van der Waals surface area contributed by atoms with Gasteiger partial charge in [0.25, 0.3) is 0 Å². The minimum Gasteiger partial charge on any atom is -0.489 e. The van der Waals surface area contributed by atoms with Crippen LogP contribution in [0, 0.1) is 12.8 Å². The number of aryl methyl sites for hydroxylation is 1. The van der Waals surface area contributed by atoms with Crippen LogP contribution in [0.2, 0.25) is 5.02 Å². The van der Waals surface area contributed by atoms with Gasteiger partial charge in [0, 0.05) is 13.1 Å². The summed E-state index contributed by atoms with van der Waals surface area (Å²) >= 11 is 6.29. The summed E-state index contributed by atoms with van der Waals surface area (Å²) < 4.78 is 10.5. The molecule has 2 aromatic carbocycles. The maximum absolute atomic E-state index is 12.9. The van der Waals surface area contributed by atoms with E-state index in [0.717, 1.165) is 22.4 Å². The van der Waals surface area contributed by atoms with E-state index in [-0.39, 0.29) is 19.2 Å². The highest BCUT2D eigenvalue weighted by molar-refractivity contribution is 6.32. The summed E-state index contributed by atoms with van der Waals surface area (Å²) in [6, 6.07) is 12.3. The molecular weight excluding hydrogens is 486 g/mol. The number of hydrogen-bond acceptors (Lipinski definition) is 8. The van der Waals surface area contributed by atoms with Gasteiger partial charge in [0.05, 0.1) is 29.8 Å². The molecule has 0 aliphatic carbocycles. The quantitative estimate of drug-likeness (QED) is 0.154. The summed E-state index contributed by atoms with van der Waals surface area (Å²) in [5.41, 5.74) is 10.7. The smallest absolute Gasteiger partial charge is 0.320 e. The predicted octanol–water partition coefficient (Wildman–Crippen LogP) is 3.54. The lowest BCUT2D eigenvalue weighted by Gasteiger charge is -2.30. The Balaban J connectivity index is 1.98. The largest absolute Gasteiger partial charge is 0.489 e. The Morgan fingerprint density at radius 3 is 2.44 bits per heavy atom. The van der Waals surface area contributed by atoms with Crippen molar-refractivity contribution in [3.63, 3.8) is 0 Å². The van der Waals surface area contributed by atoms with Gasteiger partial charge in [-0.25, -0.2) is 4.79 Å². The van der Waals surface area contributed by atoms with E-state index >= 15 is 0 Å². The van der Waals surface area contributed by atoms with Gasteiger partial charge in [-0.2, -0.15) is 11.0 Å². The van der Waals surface area contributed by atoms with Crippen molar-refractivity contribution in [3.8, 4) is 5.75 Å². The molecule has 0 aliphatic rings. The summed E-state index contributed by atoms with van der Waals surface area (Å²) in [5, 5.41) is 13.9. The van der Waals surface area contributed by atoms with Crippen molar-refractivity contribution >= 4 is 29.3 Å². The first-order valence-corrected chi connectivity index (χ1v) is 12.1. The maximum Gasteiger partial charge on any atom is 0.320 e. The fourth-order valence-electron chi connectivity index (χ4n) is 3.07. The van der Waals surface area contributed by atoms with E-state index in [1.165, 1.54) is 7.11 Å². The molecule has 0 fully saturated rings. The number of methoxy groups -OCH3 is 1. The number of carbonyl (C=O) groups is 2. The van der Waals surface area contributed by atoms with Crippen LogP contribution >= 0.6 is 11.6 Å². The summed E-state index contributed by atoms with van der Waals surface area (Å²) in [6.07, 6.45) is -0.596. The van der Waals surface area contributed by atoms with Crippen LogP contribution in [0.4, 0.5) is 10.5 Å². The number of aliphatic hydroxyl groups is 1. The van der Waals surface area contributed by atoms with Crippen molar-refractivity contribution in [2.24, 2.45) is 5.92 Å². The molecule has 2 rings (SSSR count). The van der Waals surface area contributed by atoms with E-state index in [2.05, 4.69) is 21.7 Å². The van der Waals surface area contributed by atoms with Crippen molar-refractivity contribution in [2.45, 2.75) is 53.1 Å². The number of anilines is 1. The van der Waals surface area contributed by atoms with Crippen LogP contribution in [-0.2, 0) is 16.1 Å². The molecule has 0 saturated carbocycles. The minimum absolute atomic E-state index is 0.0340. The van der Waals surface area contributed by atoms with Crippen molar-refractivity contribution in [2.75, 3.05) is 19.1 Å². The molecule has 0 bridgehead atoms. The Hall–Kier alpha value is -3.05. The lowest BCUT2D eigenvalue weighted by molar-refractivity contribution is -0.146. The van der Waals surface area contributed by atoms with Gasteiger partial charge in [0.15, 0.2) is 0 Å². The van der Waals surface area contributed by atoms with Crippen LogP contribution in [0.1, 0.15) is 38.3 Å². The van der Waals surface area contributed by atoms with Crippen molar-refractivity contribution in [3.05, 3.63) is 58.6 Å². The molecule has 198 valence electrons. The lowest BCUT2D eigenvalue weighted by atomic mass is 10.1. The van der Waals surface area contributed by atoms with Crippen LogP contribution < -0.4 is 26.4 Å². The Morgan fingerprint density at radius 1 is 1.14 bits per heavy atom. The average molecular weight is 522 g/mol. The van der Waals surface area contributed by atoms with Gasteiger partial charge in [0.2, 0.25) is 6.35 Å². The number of aliphatic hydroxyl groups excluding tert-OH is 1. The Morgan fingerprint density at radius 2 is 1.83 bits per heavy atom. The first-order chi connectivity index (χ1) is 17.1. The molecule has 10 nitrogen and oxygen atoms in total. The summed E-state index contributed by atoms with van der Waals surface area (Å²) in [7, 11) is 1.27. The number of rotatable bonds is 13. The van der Waals surface area contributed by atoms with Crippen LogP contribution in [0.25, 0.3) is 0 Å². The summed E-state index contributed by atoms with van der Waals surface area (Å²) in [4.78, 5) is 25.9. The molecular formula is C25H36ClN5O5. The average Bonchev–Trinajstić information content (AvgIpc) is 2.87. The second-order valence-electron chi connectivity index (χ2n) is 8.47. The molecule has 5 N–H and O–H groups in total. The van der Waals surface area contributed by atoms with Crippen LogP contribution in [-0.4, -0.2) is 48.1 Å². The molecule has 0 saturated heterocycles. The number of amides is 2. The number of nitrogens with one attached hydrogen (secondary N) is 4. The fourth-order valence-corrected chi connectivity index (χ4v) is 3.30. The molecule has 0 heterocycles. The second-order valence-corrected chi connectivity index (χ2v) is 8.88. The highest BCUT2D eigenvalue weighted by Gasteiger charge is 2.26. The van der Waals surface area contributed by atoms with Gasteiger partial charge < -0.3 is 25.3 Å². The zero-order valence-corrected chi connectivity index (χ0v) is 22.1. The number of carbonyl (C=O) groups excluding carboxylic acids is 2. The summed E-state index contributed by atoms with van der Waals surface area (Å²) in [6.45, 7) is 7.73. The topological polar surface area (TPSA) is 124 Å². The zero-order valence-electron chi connectivity index (χ0n) is 21.3. The Bertz CT molecular complexity index is 991. The highest BCUT2D eigenvalue weighted by Crippen LogP contribution is 2.28. The second kappa shape index (κ2) is 14.5. The lowest BCUT2D eigenvalue weighted by Crippen LogP contribution is -2.58. The van der Waals surface area contributed by atoms with Gasteiger partial charge >= 0.3 is 12.0 Å². The number of hydrogen-bond donors (Lipinski definition) is 5. The van der Waals surface area contributed by atoms with E-state index in [0.29, 0.717) is 16.5 Å². The van der Waals surface area contributed by atoms with E-state index in [1.807, 2.05) is 45.0 Å². The van der Waals surface area contributed by atoms with Crippen molar-refractivity contribution < 1.29 is 24.2 Å². The number of hydrazine groups is 2. The van der Waals surface area contributed by atoms with E-state index < -0.39 is 24.3 Å². The van der Waals surface area contributed by atoms with Gasteiger partial charge in [-0.3, -0.25) is 9.69 Å². The third kappa shape index (κ3) is 9.19. The molecule has 11 heteroatoms. The molecule has 2 aromatic rings. The maximum atomic E-state index is 12.9. The number of nitrogens with zero attached hydrogens (tertiary/aromatic N) is 1. The molecule has 0 aromatic heterocycles. The van der Waals surface area contributed by atoms with E-state index in [9.17, 15) is 14.7 Å². The number of benzene rings is 2. The molecule has 2 unspecified atom stereocenters. The van der Waals surface area contributed by atoms with E-state index in [1.54, 1.807) is 25.1 Å². The number of esters is 1. The highest BCUT2D eigenvalue weighted by atomic mass is 35.5.